The Hall–Kier alpha value is -3.23. The molecule has 0 spiro atoms. The van der Waals surface area contributed by atoms with E-state index in [9.17, 15) is 18.8 Å². The fraction of sp³-hybridized carbons (Fsp3) is 0. The van der Waals surface area contributed by atoms with Crippen molar-refractivity contribution in [3.8, 4) is 11.3 Å². The largest absolute Gasteiger partial charge is 0.457 e. The summed E-state index contributed by atoms with van der Waals surface area (Å²) in [7, 11) is 0. The molecule has 4 rings (SSSR count). The van der Waals surface area contributed by atoms with Gasteiger partial charge in [0.2, 0.25) is 0 Å². The predicted molar refractivity (Wildman–Crippen MR) is 112 cm³/mol. The molecule has 0 unspecified atom stereocenters. The van der Waals surface area contributed by atoms with Crippen LogP contribution >= 0.6 is 27.5 Å². The van der Waals surface area contributed by atoms with Crippen molar-refractivity contribution in [3.05, 3.63) is 81.2 Å². The highest BCUT2D eigenvalue weighted by Gasteiger charge is 2.37. The molecule has 1 saturated heterocycles. The van der Waals surface area contributed by atoms with Crippen LogP contribution in [-0.2, 0) is 9.59 Å². The van der Waals surface area contributed by atoms with Crippen molar-refractivity contribution in [3.63, 3.8) is 0 Å². The second-order valence-electron chi connectivity index (χ2n) is 6.27. The quantitative estimate of drug-likeness (QED) is 0.407. The lowest BCUT2D eigenvalue weighted by Crippen LogP contribution is -2.54. The molecule has 0 saturated carbocycles. The Labute approximate surface area is 183 Å². The first-order valence-electron chi connectivity index (χ1n) is 8.56. The van der Waals surface area contributed by atoms with Crippen LogP contribution in [-0.4, -0.2) is 17.8 Å². The average molecular weight is 490 g/mol. The monoisotopic (exact) mass is 488 g/mol. The fourth-order valence-electron chi connectivity index (χ4n) is 2.86. The maximum absolute atomic E-state index is 13.4. The van der Waals surface area contributed by atoms with Gasteiger partial charge in [0.05, 0.1) is 10.7 Å². The van der Waals surface area contributed by atoms with E-state index in [1.54, 1.807) is 36.4 Å². The average Bonchev–Trinajstić information content (AvgIpc) is 3.17. The topological polar surface area (TPSA) is 79.6 Å². The zero-order valence-corrected chi connectivity index (χ0v) is 17.3. The Morgan fingerprint density at radius 3 is 2.47 bits per heavy atom. The van der Waals surface area contributed by atoms with Crippen molar-refractivity contribution < 1.29 is 23.2 Å². The number of carbonyl (C=O) groups is 3. The number of carbonyl (C=O) groups excluding carboxylic acids is 3. The number of barbiturate groups is 1. The first-order valence-corrected chi connectivity index (χ1v) is 9.73. The molecule has 1 aliphatic heterocycles. The first kappa shape index (κ1) is 20.1. The molecule has 1 aromatic heterocycles. The van der Waals surface area contributed by atoms with Crippen LogP contribution in [0.2, 0.25) is 5.02 Å². The summed E-state index contributed by atoms with van der Waals surface area (Å²) in [5.41, 5.74) is 0.563. The van der Waals surface area contributed by atoms with Gasteiger partial charge >= 0.3 is 6.03 Å². The molecule has 30 heavy (non-hydrogen) atoms. The number of benzene rings is 2. The lowest BCUT2D eigenvalue weighted by molar-refractivity contribution is -0.122. The number of hydrogen-bond donors (Lipinski definition) is 1. The Balaban J connectivity index is 1.67. The van der Waals surface area contributed by atoms with Gasteiger partial charge in [0.1, 0.15) is 22.9 Å². The number of urea groups is 1. The zero-order chi connectivity index (χ0) is 21.4. The van der Waals surface area contributed by atoms with Crippen molar-refractivity contribution in [2.45, 2.75) is 0 Å². The van der Waals surface area contributed by atoms with E-state index in [-0.39, 0.29) is 16.4 Å². The van der Waals surface area contributed by atoms with E-state index >= 15 is 0 Å². The normalized spacial score (nSPS) is 15.6. The summed E-state index contributed by atoms with van der Waals surface area (Å²) in [4.78, 5) is 38.2. The molecule has 3 aromatic rings. The van der Waals surface area contributed by atoms with Gasteiger partial charge < -0.3 is 4.42 Å². The Morgan fingerprint density at radius 1 is 1.03 bits per heavy atom. The van der Waals surface area contributed by atoms with Crippen LogP contribution in [0.5, 0.6) is 0 Å². The third-order valence-electron chi connectivity index (χ3n) is 4.30. The van der Waals surface area contributed by atoms with Crippen LogP contribution in [0.15, 0.2) is 69.1 Å². The first-order chi connectivity index (χ1) is 14.3. The highest BCUT2D eigenvalue weighted by molar-refractivity contribution is 9.10. The van der Waals surface area contributed by atoms with Crippen LogP contribution < -0.4 is 10.2 Å². The van der Waals surface area contributed by atoms with Gasteiger partial charge in [-0.3, -0.25) is 14.9 Å². The van der Waals surface area contributed by atoms with Crippen molar-refractivity contribution >= 4 is 57.1 Å². The molecule has 2 aromatic carbocycles. The highest BCUT2D eigenvalue weighted by atomic mass is 79.9. The number of anilines is 1. The second-order valence-corrected chi connectivity index (χ2v) is 7.59. The molecule has 4 amide bonds. The Morgan fingerprint density at radius 2 is 1.77 bits per heavy atom. The third kappa shape index (κ3) is 3.79. The predicted octanol–water partition coefficient (Wildman–Crippen LogP) is 5.17. The summed E-state index contributed by atoms with van der Waals surface area (Å²) in [6.07, 6.45) is 1.24. The van der Waals surface area contributed by atoms with Crippen LogP contribution in [0.3, 0.4) is 0 Å². The van der Waals surface area contributed by atoms with Crippen LogP contribution in [0.4, 0.5) is 14.9 Å². The van der Waals surface area contributed by atoms with Gasteiger partial charge in [-0.15, -0.1) is 0 Å². The molecule has 9 heteroatoms. The van der Waals surface area contributed by atoms with Gasteiger partial charge in [0, 0.05) is 10.0 Å². The molecule has 1 fully saturated rings. The van der Waals surface area contributed by atoms with E-state index in [4.69, 9.17) is 16.0 Å². The highest BCUT2D eigenvalue weighted by Crippen LogP contribution is 2.28. The smallest absolute Gasteiger partial charge is 0.335 e. The SMILES string of the molecule is O=C1NC(=O)N(c2ccc(Br)cc2)C(=O)/C1=C\c1ccc(-c2ccc(F)c(Cl)c2)o1. The van der Waals surface area contributed by atoms with Crippen LogP contribution in [0, 0.1) is 5.82 Å². The molecular weight excluding hydrogens is 479 g/mol. The summed E-state index contributed by atoms with van der Waals surface area (Å²) in [6, 6.07) is 12.9. The van der Waals surface area contributed by atoms with Crippen LogP contribution in [0.25, 0.3) is 17.4 Å². The summed E-state index contributed by atoms with van der Waals surface area (Å²) >= 11 is 9.08. The van der Waals surface area contributed by atoms with Gasteiger partial charge in [-0.1, -0.05) is 27.5 Å². The van der Waals surface area contributed by atoms with E-state index in [1.807, 2.05) is 0 Å². The van der Waals surface area contributed by atoms with Gasteiger partial charge in [0.25, 0.3) is 11.8 Å². The minimum absolute atomic E-state index is 0.0608. The maximum atomic E-state index is 13.4. The summed E-state index contributed by atoms with van der Waals surface area (Å²) < 4.78 is 19.8. The Bertz CT molecular complexity index is 1220. The zero-order valence-electron chi connectivity index (χ0n) is 15.0. The summed E-state index contributed by atoms with van der Waals surface area (Å²) in [5.74, 6) is -1.60. The molecule has 0 radical (unpaired) electrons. The van der Waals surface area contributed by atoms with Gasteiger partial charge in [-0.25, -0.2) is 14.1 Å². The van der Waals surface area contributed by atoms with E-state index in [2.05, 4.69) is 21.2 Å². The molecule has 150 valence electrons. The van der Waals surface area contributed by atoms with Gasteiger partial charge in [-0.2, -0.15) is 0 Å². The number of rotatable bonds is 3. The Kier molecular flexibility index (Phi) is 5.27. The molecule has 0 aliphatic carbocycles. The van der Waals surface area contributed by atoms with Crippen LogP contribution in [0.1, 0.15) is 5.76 Å². The van der Waals surface area contributed by atoms with Crippen molar-refractivity contribution in [2.24, 2.45) is 0 Å². The molecule has 0 atom stereocenters. The number of imide groups is 2. The van der Waals surface area contributed by atoms with E-state index in [0.29, 0.717) is 17.0 Å². The third-order valence-corrected chi connectivity index (χ3v) is 5.12. The molecule has 1 aliphatic rings. The van der Waals surface area contributed by atoms with Gasteiger partial charge in [0.15, 0.2) is 0 Å². The molecule has 0 bridgehead atoms. The lowest BCUT2D eigenvalue weighted by Gasteiger charge is -2.26. The fourth-order valence-corrected chi connectivity index (χ4v) is 3.30. The van der Waals surface area contributed by atoms with Gasteiger partial charge in [-0.05, 0) is 60.7 Å². The summed E-state index contributed by atoms with van der Waals surface area (Å²) in [6.45, 7) is 0. The number of nitrogens with zero attached hydrogens (tertiary/aromatic N) is 1. The molecule has 1 N–H and O–H groups in total. The van der Waals surface area contributed by atoms with E-state index in [0.717, 1.165) is 9.37 Å². The maximum Gasteiger partial charge on any atom is 0.335 e. The molecule has 2 heterocycles. The second kappa shape index (κ2) is 7.89. The van der Waals surface area contributed by atoms with Crippen molar-refractivity contribution in [1.29, 1.82) is 0 Å². The molecular formula is C21H11BrClFN2O4. The minimum atomic E-state index is -0.842. The minimum Gasteiger partial charge on any atom is -0.457 e. The molecule has 6 nitrogen and oxygen atoms in total. The number of hydrogen-bond acceptors (Lipinski definition) is 4. The van der Waals surface area contributed by atoms with Crippen molar-refractivity contribution in [2.75, 3.05) is 4.90 Å². The number of halogens is 3. The number of amides is 4. The van der Waals surface area contributed by atoms with E-state index in [1.165, 1.54) is 24.3 Å². The standard InChI is InChI=1S/C21H11BrClFN2O4/c22-12-2-4-13(5-3-12)26-20(28)15(19(27)25-21(26)29)10-14-6-8-18(30-14)11-1-7-17(24)16(23)9-11/h1-10H,(H,25,27,29)/b15-10-. The number of nitrogens with one attached hydrogen (secondary N) is 1. The number of furan rings is 1. The van der Waals surface area contributed by atoms with E-state index < -0.39 is 23.7 Å². The van der Waals surface area contributed by atoms with Crippen molar-refractivity contribution in [1.82, 2.24) is 5.32 Å². The summed E-state index contributed by atoms with van der Waals surface area (Å²) in [5, 5.41) is 2.08. The lowest BCUT2D eigenvalue weighted by atomic mass is 10.1.